The normalized spacial score (nSPS) is 12.4. The number of rotatable bonds is 4. The second kappa shape index (κ2) is 5.42. The minimum Gasteiger partial charge on any atom is -0.480 e. The van der Waals surface area contributed by atoms with Crippen LogP contribution >= 0.6 is 11.6 Å². The summed E-state index contributed by atoms with van der Waals surface area (Å²) < 4.78 is 1.52. The highest BCUT2D eigenvalue weighted by atomic mass is 35.5. The maximum absolute atomic E-state index is 10.9. The van der Waals surface area contributed by atoms with Gasteiger partial charge in [0.1, 0.15) is 11.2 Å². The number of carboxylic acids is 1. The zero-order valence-corrected chi connectivity index (χ0v) is 11.1. The zero-order chi connectivity index (χ0) is 14.0. The summed E-state index contributed by atoms with van der Waals surface area (Å²) in [5.74, 6) is -1.06. The number of hydrogen-bond acceptors (Lipinski definition) is 3. The van der Waals surface area contributed by atoms with Crippen LogP contribution in [0.25, 0.3) is 11.3 Å². The van der Waals surface area contributed by atoms with Gasteiger partial charge in [0.25, 0.3) is 0 Å². The lowest BCUT2D eigenvalue weighted by molar-refractivity contribution is -0.138. The van der Waals surface area contributed by atoms with Crippen molar-refractivity contribution >= 4 is 17.6 Å². The van der Waals surface area contributed by atoms with Crippen molar-refractivity contribution in [2.75, 3.05) is 0 Å². The van der Waals surface area contributed by atoms with Crippen molar-refractivity contribution < 1.29 is 9.90 Å². The Morgan fingerprint density at radius 1 is 1.47 bits per heavy atom. The van der Waals surface area contributed by atoms with Crippen LogP contribution in [-0.2, 0) is 18.3 Å². The van der Waals surface area contributed by atoms with E-state index in [0.29, 0.717) is 16.4 Å². The molecule has 2 rings (SSSR count). The van der Waals surface area contributed by atoms with Crippen LogP contribution in [0.5, 0.6) is 0 Å². The van der Waals surface area contributed by atoms with Crippen LogP contribution in [0.1, 0.15) is 5.56 Å². The van der Waals surface area contributed by atoms with E-state index in [-0.39, 0.29) is 6.42 Å². The molecule has 6 heteroatoms. The molecule has 0 aliphatic heterocycles. The third kappa shape index (κ3) is 2.77. The molecule has 0 radical (unpaired) electrons. The van der Waals surface area contributed by atoms with Crippen LogP contribution in [0.15, 0.2) is 30.3 Å². The summed E-state index contributed by atoms with van der Waals surface area (Å²) in [5.41, 5.74) is 7.79. The lowest BCUT2D eigenvalue weighted by Crippen LogP contribution is -2.32. The summed E-state index contributed by atoms with van der Waals surface area (Å²) in [6, 6.07) is 8.47. The molecular formula is C13H14ClN3O2. The molecular weight excluding hydrogens is 266 g/mol. The van der Waals surface area contributed by atoms with Gasteiger partial charge in [-0.15, -0.1) is 0 Å². The lowest BCUT2D eigenvalue weighted by Gasteiger charge is -2.07. The predicted octanol–water partition coefficient (Wildman–Crippen LogP) is 1.69. The van der Waals surface area contributed by atoms with Crippen LogP contribution in [0, 0.1) is 0 Å². The first-order chi connectivity index (χ1) is 9.00. The van der Waals surface area contributed by atoms with Crippen LogP contribution in [0.3, 0.4) is 0 Å². The SMILES string of the molecule is Cn1nc(-c2ccccc2)c(CC(N)C(=O)O)c1Cl. The highest BCUT2D eigenvalue weighted by Gasteiger charge is 2.21. The molecule has 0 amide bonds. The maximum atomic E-state index is 10.9. The van der Waals surface area contributed by atoms with E-state index in [9.17, 15) is 4.79 Å². The minimum absolute atomic E-state index is 0.145. The Bertz CT molecular complexity index is 595. The van der Waals surface area contributed by atoms with Crippen LogP contribution in [-0.4, -0.2) is 26.9 Å². The Labute approximate surface area is 115 Å². The van der Waals surface area contributed by atoms with Gasteiger partial charge in [-0.3, -0.25) is 9.48 Å². The molecule has 2 aromatic rings. The van der Waals surface area contributed by atoms with Crippen LogP contribution in [0.2, 0.25) is 5.15 Å². The number of hydrogen-bond donors (Lipinski definition) is 2. The average Bonchev–Trinajstić information content (AvgIpc) is 2.68. The quantitative estimate of drug-likeness (QED) is 0.892. The molecule has 0 saturated heterocycles. The minimum atomic E-state index is -1.06. The van der Waals surface area contributed by atoms with Crippen molar-refractivity contribution in [2.24, 2.45) is 12.8 Å². The van der Waals surface area contributed by atoms with Crippen molar-refractivity contribution in [1.29, 1.82) is 0 Å². The molecule has 1 aromatic carbocycles. The Balaban J connectivity index is 2.45. The summed E-state index contributed by atoms with van der Waals surface area (Å²) in [6.07, 6.45) is 0.145. The standard InChI is InChI=1S/C13H14ClN3O2/c1-17-12(14)9(7-10(15)13(18)19)11(16-17)8-5-3-2-4-6-8/h2-6,10H,7,15H2,1H3,(H,18,19). The molecule has 1 unspecified atom stereocenters. The molecule has 3 N–H and O–H groups in total. The Kier molecular flexibility index (Phi) is 3.87. The number of aromatic nitrogens is 2. The summed E-state index contributed by atoms with van der Waals surface area (Å²) in [4.78, 5) is 10.9. The van der Waals surface area contributed by atoms with Gasteiger partial charge in [-0.1, -0.05) is 41.9 Å². The van der Waals surface area contributed by atoms with Gasteiger partial charge in [0.2, 0.25) is 0 Å². The largest absolute Gasteiger partial charge is 0.480 e. The summed E-state index contributed by atoms with van der Waals surface area (Å²) >= 11 is 6.16. The van der Waals surface area contributed by atoms with Gasteiger partial charge in [-0.25, -0.2) is 0 Å². The fourth-order valence-corrected chi connectivity index (χ4v) is 2.07. The van der Waals surface area contributed by atoms with E-state index in [2.05, 4.69) is 5.10 Å². The number of aliphatic carboxylic acids is 1. The number of aryl methyl sites for hydroxylation is 1. The number of carbonyl (C=O) groups is 1. The third-order valence-electron chi connectivity index (χ3n) is 2.86. The Hall–Kier alpha value is -1.85. The number of nitrogens with two attached hydrogens (primary N) is 1. The molecule has 1 atom stereocenters. The monoisotopic (exact) mass is 279 g/mol. The van der Waals surface area contributed by atoms with Gasteiger partial charge in [0, 0.05) is 24.6 Å². The van der Waals surface area contributed by atoms with E-state index < -0.39 is 12.0 Å². The van der Waals surface area contributed by atoms with Crippen molar-refractivity contribution in [2.45, 2.75) is 12.5 Å². The molecule has 0 spiro atoms. The number of benzene rings is 1. The van der Waals surface area contributed by atoms with Gasteiger partial charge < -0.3 is 10.8 Å². The molecule has 0 aliphatic carbocycles. The first-order valence-electron chi connectivity index (χ1n) is 5.76. The topological polar surface area (TPSA) is 81.1 Å². The van der Waals surface area contributed by atoms with Crippen molar-refractivity contribution in [3.8, 4) is 11.3 Å². The molecule has 100 valence electrons. The van der Waals surface area contributed by atoms with Gasteiger partial charge in [-0.2, -0.15) is 5.10 Å². The first-order valence-corrected chi connectivity index (χ1v) is 6.13. The first kappa shape index (κ1) is 13.6. The number of nitrogens with zero attached hydrogens (tertiary/aromatic N) is 2. The van der Waals surface area contributed by atoms with E-state index in [1.54, 1.807) is 7.05 Å². The number of carboxylic acid groups (broad SMARTS) is 1. The summed E-state index contributed by atoms with van der Waals surface area (Å²) in [6.45, 7) is 0. The highest BCUT2D eigenvalue weighted by molar-refractivity contribution is 6.30. The fraction of sp³-hybridized carbons (Fsp3) is 0.231. The number of halogens is 1. The van der Waals surface area contributed by atoms with E-state index in [1.165, 1.54) is 4.68 Å². The van der Waals surface area contributed by atoms with E-state index in [0.717, 1.165) is 5.56 Å². The van der Waals surface area contributed by atoms with Gasteiger partial charge in [0.15, 0.2) is 0 Å². The van der Waals surface area contributed by atoms with Crippen molar-refractivity contribution in [3.63, 3.8) is 0 Å². The average molecular weight is 280 g/mol. The molecule has 5 nitrogen and oxygen atoms in total. The van der Waals surface area contributed by atoms with E-state index >= 15 is 0 Å². The zero-order valence-electron chi connectivity index (χ0n) is 10.4. The molecule has 1 heterocycles. The summed E-state index contributed by atoms with van der Waals surface area (Å²) in [7, 11) is 1.71. The molecule has 0 bridgehead atoms. The van der Waals surface area contributed by atoms with Gasteiger partial charge >= 0.3 is 5.97 Å². The Morgan fingerprint density at radius 3 is 2.68 bits per heavy atom. The molecule has 19 heavy (non-hydrogen) atoms. The van der Waals surface area contributed by atoms with Crippen molar-refractivity contribution in [3.05, 3.63) is 41.0 Å². The van der Waals surface area contributed by atoms with Gasteiger partial charge in [0.05, 0.1) is 5.69 Å². The molecule has 0 aliphatic rings. The predicted molar refractivity (Wildman–Crippen MR) is 73.0 cm³/mol. The second-order valence-electron chi connectivity index (χ2n) is 4.26. The smallest absolute Gasteiger partial charge is 0.320 e. The molecule has 0 saturated carbocycles. The highest BCUT2D eigenvalue weighted by Crippen LogP contribution is 2.29. The fourth-order valence-electron chi connectivity index (χ4n) is 1.86. The van der Waals surface area contributed by atoms with Gasteiger partial charge in [-0.05, 0) is 0 Å². The Morgan fingerprint density at radius 2 is 2.11 bits per heavy atom. The van der Waals surface area contributed by atoms with E-state index in [1.807, 2.05) is 30.3 Å². The summed E-state index contributed by atoms with van der Waals surface area (Å²) in [5, 5.41) is 13.6. The van der Waals surface area contributed by atoms with E-state index in [4.69, 9.17) is 22.4 Å². The lowest BCUT2D eigenvalue weighted by atomic mass is 10.0. The van der Waals surface area contributed by atoms with Crippen molar-refractivity contribution in [1.82, 2.24) is 9.78 Å². The second-order valence-corrected chi connectivity index (χ2v) is 4.61. The third-order valence-corrected chi connectivity index (χ3v) is 3.33. The molecule has 1 aromatic heterocycles. The van der Waals surface area contributed by atoms with Crippen LogP contribution < -0.4 is 5.73 Å². The molecule has 0 fully saturated rings. The van der Waals surface area contributed by atoms with Crippen LogP contribution in [0.4, 0.5) is 0 Å². The maximum Gasteiger partial charge on any atom is 0.320 e.